The topological polar surface area (TPSA) is 102 Å². The summed E-state index contributed by atoms with van der Waals surface area (Å²) in [5.74, 6) is -0.677. The molecule has 1 aliphatic rings. The van der Waals surface area contributed by atoms with Crippen LogP contribution in [0.5, 0.6) is 0 Å². The molecule has 0 fully saturated rings. The molecule has 0 aliphatic carbocycles. The molecule has 182 valence electrons. The third-order valence-corrected chi connectivity index (χ3v) is 6.64. The van der Waals surface area contributed by atoms with Crippen molar-refractivity contribution in [2.24, 2.45) is 0 Å². The zero-order chi connectivity index (χ0) is 25.2. The zero-order valence-corrected chi connectivity index (χ0v) is 20.4. The lowest BCUT2D eigenvalue weighted by atomic mass is 10.1. The molecule has 0 spiro atoms. The van der Waals surface area contributed by atoms with Crippen LogP contribution in [0.2, 0.25) is 10.0 Å². The van der Waals surface area contributed by atoms with Crippen molar-refractivity contribution in [1.82, 2.24) is 29.3 Å². The average molecular weight is 523 g/mol. The van der Waals surface area contributed by atoms with Gasteiger partial charge in [-0.05, 0) is 29.8 Å². The molecule has 0 unspecified atom stereocenters. The summed E-state index contributed by atoms with van der Waals surface area (Å²) in [5.41, 5.74) is 1.32. The molecule has 2 aromatic carbocycles. The minimum Gasteiger partial charge on any atom is -0.347 e. The van der Waals surface area contributed by atoms with Crippen molar-refractivity contribution in [1.29, 1.82) is 0 Å². The SMILES string of the molecule is O=C(NCc1ccccc1)c1c2n(c(=O)n1-c1ncccn1)CCN(C(=O)c1ccc(Cl)c(Cl)c1)C2. The van der Waals surface area contributed by atoms with Crippen LogP contribution in [0.25, 0.3) is 5.95 Å². The molecule has 0 bridgehead atoms. The molecule has 0 radical (unpaired) electrons. The highest BCUT2D eigenvalue weighted by molar-refractivity contribution is 6.42. The summed E-state index contributed by atoms with van der Waals surface area (Å²) in [6.45, 7) is 0.791. The van der Waals surface area contributed by atoms with Crippen LogP contribution in [-0.4, -0.2) is 42.4 Å². The van der Waals surface area contributed by atoms with E-state index in [0.717, 1.165) is 5.56 Å². The highest BCUT2D eigenvalue weighted by atomic mass is 35.5. The summed E-state index contributed by atoms with van der Waals surface area (Å²) in [5, 5.41) is 3.49. The monoisotopic (exact) mass is 522 g/mol. The van der Waals surface area contributed by atoms with Crippen molar-refractivity contribution < 1.29 is 9.59 Å². The number of hydrogen-bond donors (Lipinski definition) is 1. The number of fused-ring (bicyclic) bond motifs is 1. The van der Waals surface area contributed by atoms with Gasteiger partial charge in [0.1, 0.15) is 5.69 Å². The van der Waals surface area contributed by atoms with Gasteiger partial charge in [0.15, 0.2) is 0 Å². The maximum atomic E-state index is 13.5. The maximum absolute atomic E-state index is 13.5. The van der Waals surface area contributed by atoms with E-state index in [0.29, 0.717) is 16.3 Å². The lowest BCUT2D eigenvalue weighted by Gasteiger charge is -2.28. The van der Waals surface area contributed by atoms with Gasteiger partial charge in [-0.25, -0.2) is 19.3 Å². The minimum atomic E-state index is -0.471. The Morgan fingerprint density at radius 3 is 2.42 bits per heavy atom. The number of nitrogens with one attached hydrogen (secondary N) is 1. The van der Waals surface area contributed by atoms with Crippen molar-refractivity contribution in [2.75, 3.05) is 6.54 Å². The number of imidazole rings is 1. The first kappa shape index (κ1) is 23.8. The Morgan fingerprint density at radius 2 is 1.69 bits per heavy atom. The van der Waals surface area contributed by atoms with Crippen molar-refractivity contribution in [3.8, 4) is 5.95 Å². The smallest absolute Gasteiger partial charge is 0.336 e. The van der Waals surface area contributed by atoms with E-state index in [-0.39, 0.29) is 48.8 Å². The van der Waals surface area contributed by atoms with E-state index in [4.69, 9.17) is 23.2 Å². The molecule has 3 heterocycles. The van der Waals surface area contributed by atoms with Gasteiger partial charge in [0.25, 0.3) is 11.8 Å². The summed E-state index contributed by atoms with van der Waals surface area (Å²) < 4.78 is 2.69. The molecule has 4 aromatic rings. The highest BCUT2D eigenvalue weighted by Crippen LogP contribution is 2.25. The number of halogens is 2. The quantitative estimate of drug-likeness (QED) is 0.433. The number of carbonyl (C=O) groups is 2. The zero-order valence-electron chi connectivity index (χ0n) is 18.9. The van der Waals surface area contributed by atoms with Gasteiger partial charge in [-0.2, -0.15) is 0 Å². The number of amides is 2. The molecule has 0 atom stereocenters. The van der Waals surface area contributed by atoms with Crippen LogP contribution < -0.4 is 11.0 Å². The van der Waals surface area contributed by atoms with Crippen LogP contribution in [0.4, 0.5) is 0 Å². The highest BCUT2D eigenvalue weighted by Gasteiger charge is 2.32. The van der Waals surface area contributed by atoms with Crippen molar-refractivity contribution in [3.63, 3.8) is 0 Å². The molecular formula is C25H20Cl2N6O3. The predicted molar refractivity (Wildman–Crippen MR) is 134 cm³/mol. The van der Waals surface area contributed by atoms with Crippen LogP contribution >= 0.6 is 23.2 Å². The number of rotatable bonds is 5. The normalized spacial score (nSPS) is 12.8. The number of hydrogen-bond acceptors (Lipinski definition) is 5. The molecule has 5 rings (SSSR count). The van der Waals surface area contributed by atoms with Crippen LogP contribution in [0, 0.1) is 0 Å². The van der Waals surface area contributed by atoms with E-state index < -0.39 is 11.6 Å². The van der Waals surface area contributed by atoms with Gasteiger partial charge in [-0.15, -0.1) is 0 Å². The molecule has 1 aliphatic heterocycles. The first-order valence-corrected chi connectivity index (χ1v) is 11.9. The van der Waals surface area contributed by atoms with Crippen molar-refractivity contribution in [2.45, 2.75) is 19.6 Å². The van der Waals surface area contributed by atoms with E-state index >= 15 is 0 Å². The molecule has 0 saturated heterocycles. The minimum absolute atomic E-state index is 0.0439. The van der Waals surface area contributed by atoms with Gasteiger partial charge >= 0.3 is 5.69 Å². The van der Waals surface area contributed by atoms with E-state index in [2.05, 4.69) is 15.3 Å². The third kappa shape index (κ3) is 4.50. The number of benzene rings is 2. The molecule has 11 heteroatoms. The van der Waals surface area contributed by atoms with Crippen LogP contribution in [0.3, 0.4) is 0 Å². The summed E-state index contributed by atoms with van der Waals surface area (Å²) in [6, 6.07) is 15.7. The fraction of sp³-hybridized carbons (Fsp3) is 0.160. The Bertz CT molecular complexity index is 1500. The van der Waals surface area contributed by atoms with E-state index in [9.17, 15) is 14.4 Å². The molecule has 1 N–H and O–H groups in total. The van der Waals surface area contributed by atoms with Gasteiger partial charge in [0.05, 0.1) is 22.3 Å². The van der Waals surface area contributed by atoms with E-state index in [1.165, 1.54) is 27.6 Å². The largest absolute Gasteiger partial charge is 0.347 e. The predicted octanol–water partition coefficient (Wildman–Crippen LogP) is 3.32. The van der Waals surface area contributed by atoms with E-state index in [1.54, 1.807) is 23.1 Å². The Kier molecular flexibility index (Phi) is 6.58. The van der Waals surface area contributed by atoms with Gasteiger partial charge < -0.3 is 10.2 Å². The number of carbonyl (C=O) groups excluding carboxylic acids is 2. The average Bonchev–Trinajstić information content (AvgIpc) is 3.21. The molecule has 9 nitrogen and oxygen atoms in total. The summed E-state index contributed by atoms with van der Waals surface area (Å²) in [7, 11) is 0. The first-order chi connectivity index (χ1) is 17.4. The van der Waals surface area contributed by atoms with Crippen molar-refractivity contribution in [3.05, 3.63) is 110 Å². The van der Waals surface area contributed by atoms with Gasteiger partial charge in [0, 0.05) is 37.6 Å². The Balaban J connectivity index is 1.52. The fourth-order valence-corrected chi connectivity index (χ4v) is 4.43. The molecule has 2 aromatic heterocycles. The standard InChI is InChI=1S/C25H20Cl2N6O3/c26-18-8-7-17(13-19(18)27)23(35)31-11-12-32-20(15-31)21(22(34)30-14-16-5-2-1-3-6-16)33(25(32)36)24-28-9-4-10-29-24/h1-10,13H,11-12,14-15H2,(H,30,34). The Morgan fingerprint density at radius 1 is 0.944 bits per heavy atom. The number of nitrogens with zero attached hydrogens (tertiary/aromatic N) is 5. The van der Waals surface area contributed by atoms with Gasteiger partial charge in [0.2, 0.25) is 5.95 Å². The molecular weight excluding hydrogens is 503 g/mol. The maximum Gasteiger partial charge on any atom is 0.336 e. The van der Waals surface area contributed by atoms with E-state index in [1.807, 2.05) is 30.3 Å². The Hall–Kier alpha value is -3.95. The van der Waals surface area contributed by atoms with Gasteiger partial charge in [-0.1, -0.05) is 53.5 Å². The lowest BCUT2D eigenvalue weighted by molar-refractivity contribution is 0.0706. The van der Waals surface area contributed by atoms with Crippen LogP contribution in [0.1, 0.15) is 32.1 Å². The lowest BCUT2D eigenvalue weighted by Crippen LogP contribution is -2.41. The van der Waals surface area contributed by atoms with Crippen LogP contribution in [0.15, 0.2) is 71.8 Å². The Labute approximate surface area is 215 Å². The molecule has 36 heavy (non-hydrogen) atoms. The molecule has 2 amide bonds. The van der Waals surface area contributed by atoms with Crippen LogP contribution in [-0.2, 0) is 19.6 Å². The summed E-state index contributed by atoms with van der Waals surface area (Å²) in [4.78, 5) is 50.0. The fourth-order valence-electron chi connectivity index (χ4n) is 4.13. The summed E-state index contributed by atoms with van der Waals surface area (Å²) >= 11 is 12.1. The second kappa shape index (κ2) is 9.96. The third-order valence-electron chi connectivity index (χ3n) is 5.90. The summed E-state index contributed by atoms with van der Waals surface area (Å²) in [6.07, 6.45) is 2.99. The van der Waals surface area contributed by atoms with Crippen molar-refractivity contribution >= 4 is 35.0 Å². The second-order valence-corrected chi connectivity index (χ2v) is 8.95. The number of aromatic nitrogens is 4. The first-order valence-electron chi connectivity index (χ1n) is 11.1. The molecule has 0 saturated carbocycles. The van der Waals surface area contributed by atoms with Gasteiger partial charge in [-0.3, -0.25) is 14.2 Å². The second-order valence-electron chi connectivity index (χ2n) is 8.14.